The lowest BCUT2D eigenvalue weighted by Gasteiger charge is -2.10. The second kappa shape index (κ2) is 7.53. The van der Waals surface area contributed by atoms with Crippen LogP contribution in [0.1, 0.15) is 28.7 Å². The Balaban J connectivity index is 1.81. The molecule has 5 nitrogen and oxygen atoms in total. The Morgan fingerprint density at radius 2 is 1.68 bits per heavy atom. The van der Waals surface area contributed by atoms with Crippen LogP contribution in [-0.4, -0.2) is 25.9 Å². The number of aryl methyl sites for hydroxylation is 1. The topological polar surface area (TPSA) is 69.2 Å². The summed E-state index contributed by atoms with van der Waals surface area (Å²) >= 11 is 0. The first-order chi connectivity index (χ1) is 12.1. The molecule has 0 N–H and O–H groups in total. The number of carbonyl (C=O) groups is 1. The maximum absolute atomic E-state index is 12.4. The summed E-state index contributed by atoms with van der Waals surface area (Å²) in [6.45, 7) is 3.67. The SMILES string of the molecule is CC[S@](=O)c1ccccc1C(=O)OCc1nc2ccccc2nc1C. The van der Waals surface area contributed by atoms with Crippen LogP contribution in [0.4, 0.5) is 0 Å². The van der Waals surface area contributed by atoms with Crippen molar-refractivity contribution in [1.82, 2.24) is 9.97 Å². The molecule has 0 aliphatic carbocycles. The fourth-order valence-electron chi connectivity index (χ4n) is 2.46. The molecule has 0 radical (unpaired) electrons. The van der Waals surface area contributed by atoms with Crippen molar-refractivity contribution in [3.8, 4) is 0 Å². The molecule has 3 aromatic rings. The molecular weight excluding hydrogens is 336 g/mol. The third kappa shape index (κ3) is 3.74. The summed E-state index contributed by atoms with van der Waals surface area (Å²) in [5, 5.41) is 0. The number of nitrogens with zero attached hydrogens (tertiary/aromatic N) is 2. The molecular formula is C19H18N2O3S. The monoisotopic (exact) mass is 354 g/mol. The van der Waals surface area contributed by atoms with Crippen LogP contribution in [-0.2, 0) is 22.1 Å². The number of esters is 1. The standard InChI is InChI=1S/C19H18N2O3S/c1-3-25(23)18-11-7-4-8-14(18)19(22)24-12-17-13(2)20-15-9-5-6-10-16(15)21-17/h4-11H,3,12H2,1-2H3/t25-/m0/s1. The van der Waals surface area contributed by atoms with Crippen LogP contribution in [0.2, 0.25) is 0 Å². The van der Waals surface area contributed by atoms with Gasteiger partial charge in [-0.2, -0.15) is 0 Å². The molecule has 0 aliphatic rings. The van der Waals surface area contributed by atoms with Gasteiger partial charge in [0.15, 0.2) is 0 Å². The fraction of sp³-hybridized carbons (Fsp3) is 0.211. The Morgan fingerprint density at radius 3 is 2.40 bits per heavy atom. The van der Waals surface area contributed by atoms with Gasteiger partial charge in [0.05, 0.1) is 43.7 Å². The van der Waals surface area contributed by atoms with E-state index in [1.54, 1.807) is 24.3 Å². The summed E-state index contributed by atoms with van der Waals surface area (Å²) in [5.41, 5.74) is 3.22. The summed E-state index contributed by atoms with van der Waals surface area (Å²) in [4.78, 5) is 21.9. The molecule has 25 heavy (non-hydrogen) atoms. The van der Waals surface area contributed by atoms with E-state index in [4.69, 9.17) is 4.74 Å². The van der Waals surface area contributed by atoms with Crippen molar-refractivity contribution in [2.75, 3.05) is 5.75 Å². The molecule has 1 atom stereocenters. The zero-order valence-corrected chi connectivity index (χ0v) is 14.9. The van der Waals surface area contributed by atoms with E-state index in [9.17, 15) is 9.00 Å². The summed E-state index contributed by atoms with van der Waals surface area (Å²) in [6.07, 6.45) is 0. The van der Waals surface area contributed by atoms with Gasteiger partial charge in [-0.25, -0.2) is 14.8 Å². The Morgan fingerprint density at radius 1 is 1.04 bits per heavy atom. The van der Waals surface area contributed by atoms with Crippen molar-refractivity contribution in [2.24, 2.45) is 0 Å². The number of hydrogen-bond donors (Lipinski definition) is 0. The molecule has 0 amide bonds. The molecule has 3 rings (SSSR count). The third-order valence-electron chi connectivity index (χ3n) is 3.80. The minimum absolute atomic E-state index is 0.0234. The van der Waals surface area contributed by atoms with Gasteiger partial charge >= 0.3 is 5.97 Å². The Hall–Kier alpha value is -2.60. The number of rotatable bonds is 5. The average Bonchev–Trinajstić information content (AvgIpc) is 2.65. The Bertz CT molecular complexity index is 956. The largest absolute Gasteiger partial charge is 0.455 e. The molecule has 0 saturated heterocycles. The highest BCUT2D eigenvalue weighted by molar-refractivity contribution is 7.85. The fourth-order valence-corrected chi connectivity index (χ4v) is 3.40. The highest BCUT2D eigenvalue weighted by Gasteiger charge is 2.17. The number of para-hydroxylation sites is 2. The maximum Gasteiger partial charge on any atom is 0.339 e. The lowest BCUT2D eigenvalue weighted by atomic mass is 10.2. The van der Waals surface area contributed by atoms with Crippen LogP contribution >= 0.6 is 0 Å². The van der Waals surface area contributed by atoms with E-state index in [1.807, 2.05) is 38.1 Å². The molecule has 1 heterocycles. The molecule has 2 aromatic carbocycles. The van der Waals surface area contributed by atoms with E-state index in [1.165, 1.54) is 0 Å². The van der Waals surface area contributed by atoms with Crippen molar-refractivity contribution in [2.45, 2.75) is 25.3 Å². The Labute approximate surface area is 148 Å². The molecule has 128 valence electrons. The van der Waals surface area contributed by atoms with Crippen LogP contribution in [0.25, 0.3) is 11.0 Å². The van der Waals surface area contributed by atoms with Crippen molar-refractivity contribution >= 4 is 27.8 Å². The molecule has 0 saturated carbocycles. The zero-order valence-electron chi connectivity index (χ0n) is 14.1. The number of ether oxygens (including phenoxy) is 1. The summed E-state index contributed by atoms with van der Waals surface area (Å²) < 4.78 is 17.5. The van der Waals surface area contributed by atoms with Crippen molar-refractivity contribution in [3.05, 3.63) is 65.5 Å². The number of aromatic nitrogens is 2. The first kappa shape index (κ1) is 17.2. The van der Waals surface area contributed by atoms with Crippen LogP contribution in [0.5, 0.6) is 0 Å². The van der Waals surface area contributed by atoms with Gasteiger partial charge in [-0.05, 0) is 31.2 Å². The van der Waals surface area contributed by atoms with E-state index in [0.29, 0.717) is 21.9 Å². The highest BCUT2D eigenvalue weighted by atomic mass is 32.2. The van der Waals surface area contributed by atoms with Crippen molar-refractivity contribution in [1.29, 1.82) is 0 Å². The third-order valence-corrected chi connectivity index (χ3v) is 5.17. The Kier molecular flexibility index (Phi) is 5.19. The zero-order chi connectivity index (χ0) is 17.8. The first-order valence-corrected chi connectivity index (χ1v) is 9.29. The second-order valence-electron chi connectivity index (χ2n) is 5.45. The minimum atomic E-state index is -1.22. The number of benzene rings is 2. The van der Waals surface area contributed by atoms with E-state index in [0.717, 1.165) is 16.7 Å². The van der Waals surface area contributed by atoms with Crippen LogP contribution < -0.4 is 0 Å². The maximum atomic E-state index is 12.4. The molecule has 0 aliphatic heterocycles. The van der Waals surface area contributed by atoms with E-state index in [-0.39, 0.29) is 6.61 Å². The van der Waals surface area contributed by atoms with Gasteiger partial charge in [0.1, 0.15) is 6.61 Å². The van der Waals surface area contributed by atoms with Crippen LogP contribution in [0, 0.1) is 6.92 Å². The smallest absolute Gasteiger partial charge is 0.339 e. The number of carbonyl (C=O) groups excluding carboxylic acids is 1. The lowest BCUT2D eigenvalue weighted by molar-refractivity contribution is 0.0462. The van der Waals surface area contributed by atoms with E-state index in [2.05, 4.69) is 9.97 Å². The average molecular weight is 354 g/mol. The predicted octanol–water partition coefficient (Wildman–Crippen LogP) is 3.42. The predicted molar refractivity (Wildman–Crippen MR) is 96.8 cm³/mol. The highest BCUT2D eigenvalue weighted by Crippen LogP contribution is 2.17. The van der Waals surface area contributed by atoms with Crippen LogP contribution in [0.3, 0.4) is 0 Å². The van der Waals surface area contributed by atoms with Gasteiger partial charge in [0.2, 0.25) is 0 Å². The van der Waals surface area contributed by atoms with Crippen molar-refractivity contribution < 1.29 is 13.7 Å². The van der Waals surface area contributed by atoms with Gasteiger partial charge < -0.3 is 4.74 Å². The summed E-state index contributed by atoms with van der Waals surface area (Å²) in [6, 6.07) is 14.4. The molecule has 0 unspecified atom stereocenters. The molecule has 0 bridgehead atoms. The molecule has 0 fully saturated rings. The number of fused-ring (bicyclic) bond motifs is 1. The van der Waals surface area contributed by atoms with Gasteiger partial charge in [0, 0.05) is 5.75 Å². The van der Waals surface area contributed by atoms with Gasteiger partial charge in [0.25, 0.3) is 0 Å². The van der Waals surface area contributed by atoms with Gasteiger partial charge in [-0.1, -0.05) is 31.2 Å². The normalized spacial score (nSPS) is 12.1. The second-order valence-corrected chi connectivity index (χ2v) is 7.16. The quantitative estimate of drug-likeness (QED) is 0.657. The molecule has 0 spiro atoms. The van der Waals surface area contributed by atoms with E-state index < -0.39 is 16.8 Å². The number of hydrogen-bond acceptors (Lipinski definition) is 5. The lowest BCUT2D eigenvalue weighted by Crippen LogP contribution is -2.11. The summed E-state index contributed by atoms with van der Waals surface area (Å²) in [7, 11) is -1.22. The van der Waals surface area contributed by atoms with Gasteiger partial charge in [-0.15, -0.1) is 0 Å². The molecule has 1 aromatic heterocycles. The van der Waals surface area contributed by atoms with Crippen molar-refractivity contribution in [3.63, 3.8) is 0 Å². The van der Waals surface area contributed by atoms with Gasteiger partial charge in [-0.3, -0.25) is 4.21 Å². The van der Waals surface area contributed by atoms with Crippen LogP contribution in [0.15, 0.2) is 53.4 Å². The summed E-state index contributed by atoms with van der Waals surface area (Å²) in [5.74, 6) is -0.0636. The first-order valence-electron chi connectivity index (χ1n) is 7.97. The molecule has 6 heteroatoms. The minimum Gasteiger partial charge on any atom is -0.455 e. The van der Waals surface area contributed by atoms with E-state index >= 15 is 0 Å².